The number of carbonyl (C=O) groups excluding carboxylic acids is 2. The number of ketones is 1. The molecule has 0 saturated heterocycles. The third kappa shape index (κ3) is 6.11. The van der Waals surface area contributed by atoms with Gasteiger partial charge in [-0.15, -0.1) is 0 Å². The second-order valence-corrected chi connectivity index (χ2v) is 5.54. The number of nitriles is 1. The molecule has 0 aliphatic carbocycles. The molecule has 0 saturated carbocycles. The van der Waals surface area contributed by atoms with Crippen LogP contribution in [0.5, 0.6) is 5.75 Å². The molecular weight excluding hydrogens is 318 g/mol. The van der Waals surface area contributed by atoms with Gasteiger partial charge in [0.2, 0.25) is 0 Å². The molecule has 128 valence electrons. The maximum atomic E-state index is 11.9. The summed E-state index contributed by atoms with van der Waals surface area (Å²) in [5.41, 5.74) is 2.20. The summed E-state index contributed by atoms with van der Waals surface area (Å²) in [6.07, 6.45) is 0.571. The molecule has 0 aliphatic rings. The zero-order valence-corrected chi connectivity index (χ0v) is 14.0. The van der Waals surface area contributed by atoms with E-state index in [4.69, 9.17) is 14.7 Å². The van der Waals surface area contributed by atoms with Gasteiger partial charge in [0.25, 0.3) is 0 Å². The van der Waals surface area contributed by atoms with Gasteiger partial charge in [-0.1, -0.05) is 24.3 Å². The van der Waals surface area contributed by atoms with Crippen LogP contribution in [-0.4, -0.2) is 18.9 Å². The quantitative estimate of drug-likeness (QED) is 0.546. The lowest BCUT2D eigenvalue weighted by Gasteiger charge is -2.06. The smallest absolute Gasteiger partial charge is 0.313 e. The van der Waals surface area contributed by atoms with Crippen LogP contribution in [0.25, 0.3) is 0 Å². The lowest BCUT2D eigenvalue weighted by Crippen LogP contribution is -2.12. The topological polar surface area (TPSA) is 76.4 Å². The van der Waals surface area contributed by atoms with Crippen LogP contribution in [0.4, 0.5) is 0 Å². The zero-order chi connectivity index (χ0) is 18.1. The molecule has 0 amide bonds. The van der Waals surface area contributed by atoms with E-state index in [0.29, 0.717) is 12.0 Å². The van der Waals surface area contributed by atoms with E-state index < -0.39 is 5.97 Å². The lowest BCUT2D eigenvalue weighted by atomic mass is 10.1. The first-order valence-corrected chi connectivity index (χ1v) is 7.90. The molecule has 5 nitrogen and oxygen atoms in total. The summed E-state index contributed by atoms with van der Waals surface area (Å²) in [4.78, 5) is 23.7. The molecule has 25 heavy (non-hydrogen) atoms. The van der Waals surface area contributed by atoms with Crippen LogP contribution >= 0.6 is 0 Å². The molecule has 5 heteroatoms. The van der Waals surface area contributed by atoms with Gasteiger partial charge in [-0.05, 0) is 41.8 Å². The Labute approximate surface area is 146 Å². The minimum Gasteiger partial charge on any atom is -0.497 e. The van der Waals surface area contributed by atoms with Gasteiger partial charge in [-0.3, -0.25) is 9.59 Å². The predicted octanol–water partition coefficient (Wildman–Crippen LogP) is 3.20. The van der Waals surface area contributed by atoms with Crippen molar-refractivity contribution in [3.63, 3.8) is 0 Å². The van der Waals surface area contributed by atoms with Crippen molar-refractivity contribution < 1.29 is 19.1 Å². The summed E-state index contributed by atoms with van der Waals surface area (Å²) in [5, 5.41) is 8.83. The summed E-state index contributed by atoms with van der Waals surface area (Å²) in [6, 6.07) is 16.3. The highest BCUT2D eigenvalue weighted by Crippen LogP contribution is 2.14. The number of aryl methyl sites for hydroxylation is 1. The molecule has 0 atom stereocenters. The molecule has 0 aliphatic heterocycles. The van der Waals surface area contributed by atoms with Crippen LogP contribution < -0.4 is 4.74 Å². The van der Waals surface area contributed by atoms with E-state index in [1.165, 1.54) is 0 Å². The number of hydrogen-bond acceptors (Lipinski definition) is 5. The first-order chi connectivity index (χ1) is 12.1. The van der Waals surface area contributed by atoms with Gasteiger partial charge in [0.15, 0.2) is 0 Å². The molecule has 0 N–H and O–H groups in total. The van der Waals surface area contributed by atoms with Gasteiger partial charge < -0.3 is 9.47 Å². The normalized spacial score (nSPS) is 9.92. The van der Waals surface area contributed by atoms with Crippen LogP contribution in [-0.2, 0) is 27.4 Å². The fraction of sp³-hybridized carbons (Fsp3) is 0.250. The lowest BCUT2D eigenvalue weighted by molar-refractivity contribution is -0.147. The van der Waals surface area contributed by atoms with Crippen molar-refractivity contribution >= 4 is 11.8 Å². The van der Waals surface area contributed by atoms with Crippen molar-refractivity contribution in [2.45, 2.75) is 25.9 Å². The van der Waals surface area contributed by atoms with E-state index in [-0.39, 0.29) is 25.2 Å². The Bertz CT molecular complexity index is 792. The van der Waals surface area contributed by atoms with E-state index in [1.807, 2.05) is 30.3 Å². The Hall–Kier alpha value is -3.13. The molecule has 2 rings (SSSR count). The van der Waals surface area contributed by atoms with Gasteiger partial charge in [-0.25, -0.2) is 0 Å². The number of Topliss-reactive ketones (excluding diaryl/α,β-unsaturated/α-hetero) is 1. The first kappa shape index (κ1) is 18.2. The van der Waals surface area contributed by atoms with E-state index in [1.54, 1.807) is 31.4 Å². The zero-order valence-electron chi connectivity index (χ0n) is 14.0. The monoisotopic (exact) mass is 337 g/mol. The summed E-state index contributed by atoms with van der Waals surface area (Å²) < 4.78 is 10.2. The summed E-state index contributed by atoms with van der Waals surface area (Å²) >= 11 is 0. The predicted molar refractivity (Wildman–Crippen MR) is 91.9 cm³/mol. The van der Waals surface area contributed by atoms with Crippen LogP contribution in [0, 0.1) is 11.3 Å². The highest BCUT2D eigenvalue weighted by Gasteiger charge is 2.11. The van der Waals surface area contributed by atoms with Crippen molar-refractivity contribution in [1.29, 1.82) is 5.26 Å². The molecule has 0 heterocycles. The molecule has 0 unspecified atom stereocenters. The number of esters is 1. The van der Waals surface area contributed by atoms with Crippen molar-refractivity contribution in [2.24, 2.45) is 0 Å². The SMILES string of the molecule is COc1cccc(CCC(=O)CC(=O)OCc2cccc(C#N)c2)c1. The Morgan fingerprint density at radius 3 is 2.60 bits per heavy atom. The van der Waals surface area contributed by atoms with Gasteiger partial charge in [0.05, 0.1) is 18.7 Å². The number of rotatable bonds is 8. The van der Waals surface area contributed by atoms with Crippen LogP contribution in [0.3, 0.4) is 0 Å². The van der Waals surface area contributed by atoms with Gasteiger partial charge in [0, 0.05) is 6.42 Å². The average molecular weight is 337 g/mol. The fourth-order valence-corrected chi connectivity index (χ4v) is 2.31. The van der Waals surface area contributed by atoms with Crippen LogP contribution in [0.2, 0.25) is 0 Å². The molecule has 0 radical (unpaired) electrons. The average Bonchev–Trinajstić information content (AvgIpc) is 2.65. The molecule has 2 aromatic rings. The second-order valence-electron chi connectivity index (χ2n) is 5.54. The highest BCUT2D eigenvalue weighted by molar-refractivity contribution is 5.95. The molecule has 0 spiro atoms. The number of methoxy groups -OCH3 is 1. The summed E-state index contributed by atoms with van der Waals surface area (Å²) in [7, 11) is 1.59. The van der Waals surface area contributed by atoms with Gasteiger partial charge >= 0.3 is 5.97 Å². The third-order valence-electron chi connectivity index (χ3n) is 3.62. The van der Waals surface area contributed by atoms with E-state index >= 15 is 0 Å². The van der Waals surface area contributed by atoms with Crippen molar-refractivity contribution in [3.8, 4) is 11.8 Å². The van der Waals surface area contributed by atoms with Gasteiger partial charge in [0.1, 0.15) is 24.6 Å². The Kier molecular flexibility index (Phi) is 6.73. The highest BCUT2D eigenvalue weighted by atomic mass is 16.5. The number of benzene rings is 2. The van der Waals surface area contributed by atoms with Crippen molar-refractivity contribution in [1.82, 2.24) is 0 Å². The standard InChI is InChI=1S/C20H19NO4/c1-24-19-7-3-4-15(11-19)8-9-18(22)12-20(23)25-14-17-6-2-5-16(10-17)13-21/h2-7,10-11H,8-9,12,14H2,1H3. The molecule has 0 bridgehead atoms. The van der Waals surface area contributed by atoms with E-state index in [2.05, 4.69) is 0 Å². The minimum atomic E-state index is -0.557. The summed E-state index contributed by atoms with van der Waals surface area (Å²) in [6.45, 7) is 0.0531. The Balaban J connectivity index is 1.76. The molecular formula is C20H19NO4. The fourth-order valence-electron chi connectivity index (χ4n) is 2.31. The van der Waals surface area contributed by atoms with E-state index in [9.17, 15) is 9.59 Å². The van der Waals surface area contributed by atoms with Gasteiger partial charge in [-0.2, -0.15) is 5.26 Å². The van der Waals surface area contributed by atoms with Crippen molar-refractivity contribution in [2.75, 3.05) is 7.11 Å². The second kappa shape index (κ2) is 9.24. The minimum absolute atomic E-state index is 0.0531. The Morgan fingerprint density at radius 1 is 1.08 bits per heavy atom. The van der Waals surface area contributed by atoms with Crippen LogP contribution in [0.15, 0.2) is 48.5 Å². The number of ether oxygens (including phenoxy) is 2. The number of hydrogen-bond donors (Lipinski definition) is 0. The van der Waals surface area contributed by atoms with Crippen LogP contribution in [0.1, 0.15) is 29.5 Å². The maximum Gasteiger partial charge on any atom is 0.313 e. The summed E-state index contributed by atoms with van der Waals surface area (Å²) in [5.74, 6) is 0.0144. The largest absolute Gasteiger partial charge is 0.497 e. The number of nitrogens with zero attached hydrogens (tertiary/aromatic N) is 1. The first-order valence-electron chi connectivity index (χ1n) is 7.90. The molecule has 2 aromatic carbocycles. The third-order valence-corrected chi connectivity index (χ3v) is 3.62. The number of carbonyl (C=O) groups is 2. The molecule has 0 fully saturated rings. The molecule has 0 aromatic heterocycles. The van der Waals surface area contributed by atoms with E-state index in [0.717, 1.165) is 16.9 Å². The maximum absolute atomic E-state index is 11.9. The van der Waals surface area contributed by atoms with Crippen molar-refractivity contribution in [3.05, 3.63) is 65.2 Å². The Morgan fingerprint density at radius 2 is 1.84 bits per heavy atom.